The van der Waals surface area contributed by atoms with Crippen LogP contribution in [0.15, 0.2) is 77.3 Å². The number of likely N-dealkylation sites (N-methyl/N-ethyl adjacent to an activating group) is 1. The third-order valence-electron chi connectivity index (χ3n) is 5.62. The normalized spacial score (nSPS) is 15.7. The van der Waals surface area contributed by atoms with E-state index in [0.29, 0.717) is 24.5 Å². The first-order valence-corrected chi connectivity index (χ1v) is 10.1. The number of carbonyl (C=O) groups is 1. The Morgan fingerprint density at radius 2 is 1.80 bits per heavy atom. The van der Waals surface area contributed by atoms with Crippen molar-refractivity contribution in [3.05, 3.63) is 89.5 Å². The second-order valence-corrected chi connectivity index (χ2v) is 7.70. The fourth-order valence-corrected chi connectivity index (χ4v) is 4.01. The molecule has 30 heavy (non-hydrogen) atoms. The number of hydrogen-bond donors (Lipinski definition) is 0. The molecule has 0 spiro atoms. The largest absolute Gasteiger partial charge is 0.371 e. The summed E-state index contributed by atoms with van der Waals surface area (Å²) in [6.45, 7) is 1.14. The van der Waals surface area contributed by atoms with Gasteiger partial charge in [-0.3, -0.25) is 4.79 Å². The highest BCUT2D eigenvalue weighted by atomic mass is 16.5. The molecule has 1 aromatic heterocycles. The summed E-state index contributed by atoms with van der Waals surface area (Å²) in [5, 5.41) is 4.97. The molecule has 5 nitrogen and oxygen atoms in total. The molecule has 4 aromatic rings. The number of benzene rings is 3. The van der Waals surface area contributed by atoms with Crippen LogP contribution in [0.5, 0.6) is 0 Å². The van der Waals surface area contributed by atoms with Gasteiger partial charge < -0.3 is 14.2 Å². The van der Waals surface area contributed by atoms with Crippen molar-refractivity contribution in [3.8, 4) is 11.3 Å². The maximum atomic E-state index is 13.1. The van der Waals surface area contributed by atoms with Gasteiger partial charge in [0.05, 0.1) is 18.1 Å². The highest BCUT2D eigenvalue weighted by Crippen LogP contribution is 2.29. The van der Waals surface area contributed by atoms with Crippen molar-refractivity contribution in [3.63, 3.8) is 0 Å². The SMILES string of the molecule is CN(CC1Cc2ccccc2CO1)C(=O)c1ccc2noc(-c3ccccc3)c2c1. The van der Waals surface area contributed by atoms with Crippen molar-refractivity contribution in [2.75, 3.05) is 13.6 Å². The summed E-state index contributed by atoms with van der Waals surface area (Å²) in [7, 11) is 1.82. The molecule has 1 aliphatic heterocycles. The molecule has 5 rings (SSSR count). The van der Waals surface area contributed by atoms with E-state index in [4.69, 9.17) is 9.26 Å². The number of ether oxygens (including phenoxy) is 1. The van der Waals surface area contributed by atoms with E-state index in [2.05, 4.69) is 23.4 Å². The highest BCUT2D eigenvalue weighted by molar-refractivity contribution is 6.00. The van der Waals surface area contributed by atoms with Crippen LogP contribution in [-0.4, -0.2) is 35.7 Å². The fourth-order valence-electron chi connectivity index (χ4n) is 4.01. The summed E-state index contributed by atoms with van der Waals surface area (Å²) in [6.07, 6.45) is 0.810. The van der Waals surface area contributed by atoms with Gasteiger partial charge in [0.25, 0.3) is 5.91 Å². The minimum Gasteiger partial charge on any atom is -0.371 e. The van der Waals surface area contributed by atoms with Crippen LogP contribution >= 0.6 is 0 Å². The van der Waals surface area contributed by atoms with E-state index in [0.717, 1.165) is 22.9 Å². The van der Waals surface area contributed by atoms with Gasteiger partial charge in [-0.2, -0.15) is 0 Å². The number of hydrogen-bond acceptors (Lipinski definition) is 4. The van der Waals surface area contributed by atoms with Crippen LogP contribution < -0.4 is 0 Å². The highest BCUT2D eigenvalue weighted by Gasteiger charge is 2.23. The van der Waals surface area contributed by atoms with Crippen LogP contribution in [0.2, 0.25) is 0 Å². The van der Waals surface area contributed by atoms with Crippen molar-refractivity contribution in [2.24, 2.45) is 0 Å². The second kappa shape index (κ2) is 7.76. The number of fused-ring (bicyclic) bond motifs is 2. The molecule has 0 saturated carbocycles. The van der Waals surface area contributed by atoms with E-state index in [9.17, 15) is 4.79 Å². The molecule has 0 fully saturated rings. The van der Waals surface area contributed by atoms with Gasteiger partial charge in [-0.05, 0) is 29.3 Å². The second-order valence-electron chi connectivity index (χ2n) is 7.70. The topological polar surface area (TPSA) is 55.6 Å². The van der Waals surface area contributed by atoms with E-state index < -0.39 is 0 Å². The minimum absolute atomic E-state index is 0.00643. The predicted octanol–water partition coefficient (Wildman–Crippen LogP) is 4.71. The Morgan fingerprint density at radius 3 is 2.63 bits per heavy atom. The average molecular weight is 398 g/mol. The smallest absolute Gasteiger partial charge is 0.253 e. The number of aromatic nitrogens is 1. The van der Waals surface area contributed by atoms with E-state index >= 15 is 0 Å². The molecule has 1 amide bonds. The lowest BCUT2D eigenvalue weighted by Crippen LogP contribution is -2.38. The van der Waals surface area contributed by atoms with Crippen LogP contribution in [0.25, 0.3) is 22.2 Å². The van der Waals surface area contributed by atoms with Gasteiger partial charge in [0.15, 0.2) is 5.76 Å². The molecule has 5 heteroatoms. The van der Waals surface area contributed by atoms with Gasteiger partial charge >= 0.3 is 0 Å². The predicted molar refractivity (Wildman–Crippen MR) is 115 cm³/mol. The zero-order chi connectivity index (χ0) is 20.5. The van der Waals surface area contributed by atoms with Gasteiger partial charge in [-0.25, -0.2) is 0 Å². The first-order valence-electron chi connectivity index (χ1n) is 10.1. The van der Waals surface area contributed by atoms with Crippen LogP contribution in [0.4, 0.5) is 0 Å². The van der Waals surface area contributed by atoms with Crippen molar-refractivity contribution in [2.45, 2.75) is 19.1 Å². The maximum Gasteiger partial charge on any atom is 0.253 e. The summed E-state index contributed by atoms with van der Waals surface area (Å²) in [6, 6.07) is 23.6. The fraction of sp³-hybridized carbons (Fsp3) is 0.200. The molecule has 1 aliphatic rings. The third kappa shape index (κ3) is 3.48. The molecule has 2 heterocycles. The van der Waals surface area contributed by atoms with Crippen LogP contribution in [-0.2, 0) is 17.8 Å². The minimum atomic E-state index is -0.0421. The lowest BCUT2D eigenvalue weighted by atomic mass is 9.99. The monoisotopic (exact) mass is 398 g/mol. The number of nitrogens with zero attached hydrogens (tertiary/aromatic N) is 2. The summed E-state index contributed by atoms with van der Waals surface area (Å²) in [5.41, 5.74) is 4.82. The van der Waals surface area contributed by atoms with E-state index in [-0.39, 0.29) is 12.0 Å². The summed E-state index contributed by atoms with van der Waals surface area (Å²) < 4.78 is 11.5. The summed E-state index contributed by atoms with van der Waals surface area (Å²) in [4.78, 5) is 14.8. The molecule has 1 atom stereocenters. The quantitative estimate of drug-likeness (QED) is 0.500. The Kier molecular flexibility index (Phi) is 4.81. The average Bonchev–Trinajstić information content (AvgIpc) is 3.22. The van der Waals surface area contributed by atoms with E-state index in [1.807, 2.05) is 55.6 Å². The molecular weight excluding hydrogens is 376 g/mol. The molecule has 150 valence electrons. The summed E-state index contributed by atoms with van der Waals surface area (Å²) >= 11 is 0. The Labute approximate surface area is 174 Å². The Bertz CT molecular complexity index is 1200. The van der Waals surface area contributed by atoms with Gasteiger partial charge in [0, 0.05) is 31.1 Å². The van der Waals surface area contributed by atoms with Crippen molar-refractivity contribution >= 4 is 16.8 Å². The zero-order valence-corrected chi connectivity index (χ0v) is 16.7. The molecular formula is C25H22N2O3. The number of rotatable bonds is 4. The van der Waals surface area contributed by atoms with Crippen LogP contribution in [0, 0.1) is 0 Å². The van der Waals surface area contributed by atoms with Gasteiger partial charge in [-0.1, -0.05) is 59.8 Å². The molecule has 0 bridgehead atoms. The lowest BCUT2D eigenvalue weighted by Gasteiger charge is -2.29. The van der Waals surface area contributed by atoms with E-state index in [1.54, 1.807) is 11.0 Å². The van der Waals surface area contributed by atoms with E-state index in [1.165, 1.54) is 11.1 Å². The van der Waals surface area contributed by atoms with Gasteiger partial charge in [0.1, 0.15) is 5.52 Å². The van der Waals surface area contributed by atoms with Crippen molar-refractivity contribution in [1.29, 1.82) is 0 Å². The van der Waals surface area contributed by atoms with Crippen LogP contribution in [0.3, 0.4) is 0 Å². The Hall–Kier alpha value is -3.44. The molecule has 0 aliphatic carbocycles. The molecule has 0 saturated heterocycles. The Balaban J connectivity index is 1.35. The Morgan fingerprint density at radius 1 is 1.03 bits per heavy atom. The molecule has 0 N–H and O–H groups in total. The molecule has 3 aromatic carbocycles. The maximum absolute atomic E-state index is 13.1. The molecule has 0 radical (unpaired) electrons. The number of carbonyl (C=O) groups excluding carboxylic acids is 1. The third-order valence-corrected chi connectivity index (χ3v) is 5.62. The van der Waals surface area contributed by atoms with Crippen molar-refractivity contribution < 1.29 is 14.1 Å². The lowest BCUT2D eigenvalue weighted by molar-refractivity contribution is 0.00985. The summed E-state index contributed by atoms with van der Waals surface area (Å²) in [5.74, 6) is 0.634. The zero-order valence-electron chi connectivity index (χ0n) is 16.7. The van der Waals surface area contributed by atoms with Crippen LogP contribution in [0.1, 0.15) is 21.5 Å². The first-order chi connectivity index (χ1) is 14.7. The number of amides is 1. The van der Waals surface area contributed by atoms with Gasteiger partial charge in [0.2, 0.25) is 0 Å². The standard InChI is InChI=1S/C25H22N2O3/c1-27(15-21-13-18-9-5-6-10-20(18)16-29-21)25(28)19-11-12-23-22(14-19)24(30-26-23)17-7-3-2-4-8-17/h2-12,14,21H,13,15-16H2,1H3. The van der Waals surface area contributed by atoms with Gasteiger partial charge in [-0.15, -0.1) is 0 Å². The first kappa shape index (κ1) is 18.6. The molecule has 1 unspecified atom stereocenters. The van der Waals surface area contributed by atoms with Crippen molar-refractivity contribution in [1.82, 2.24) is 10.1 Å².